The predicted octanol–water partition coefficient (Wildman–Crippen LogP) is 4.55. The third-order valence-corrected chi connectivity index (χ3v) is 4.30. The van der Waals surface area contributed by atoms with Gasteiger partial charge >= 0.3 is 0 Å². The lowest BCUT2D eigenvalue weighted by molar-refractivity contribution is 0.521. The summed E-state index contributed by atoms with van der Waals surface area (Å²) in [6.07, 6.45) is 2.25. The summed E-state index contributed by atoms with van der Waals surface area (Å²) in [7, 11) is 0. The van der Waals surface area contributed by atoms with E-state index in [1.54, 1.807) is 0 Å². The summed E-state index contributed by atoms with van der Waals surface area (Å²) < 4.78 is 0. The molecule has 0 fully saturated rings. The molecule has 2 aromatic rings. The minimum Gasteiger partial charge on any atom is -0.305 e. The molecule has 0 aliphatic heterocycles. The van der Waals surface area contributed by atoms with Gasteiger partial charge in [-0.2, -0.15) is 0 Å². The molecule has 2 rings (SSSR count). The van der Waals surface area contributed by atoms with Crippen LogP contribution in [0.15, 0.2) is 41.8 Å². The van der Waals surface area contributed by atoms with Crippen LogP contribution in [0.25, 0.3) is 0 Å². The molecule has 0 bridgehead atoms. The van der Waals surface area contributed by atoms with Crippen LogP contribution >= 0.6 is 11.3 Å². The lowest BCUT2D eigenvalue weighted by Gasteiger charge is -2.17. The lowest BCUT2D eigenvalue weighted by atomic mass is 10.0. The molecule has 1 aromatic heterocycles. The molecule has 0 saturated carbocycles. The molecular formula is C16H21NS. The number of hydrogen-bond acceptors (Lipinski definition) is 2. The van der Waals surface area contributed by atoms with E-state index in [4.69, 9.17) is 0 Å². The van der Waals surface area contributed by atoms with Gasteiger partial charge in [-0.25, -0.2) is 0 Å². The highest BCUT2D eigenvalue weighted by molar-refractivity contribution is 7.10. The molecule has 1 nitrogen and oxygen atoms in total. The summed E-state index contributed by atoms with van der Waals surface area (Å²) in [6.45, 7) is 5.44. The smallest absolute Gasteiger partial charge is 0.0320 e. The van der Waals surface area contributed by atoms with Crippen molar-refractivity contribution in [2.75, 3.05) is 0 Å². The fourth-order valence-electron chi connectivity index (χ4n) is 2.24. The van der Waals surface area contributed by atoms with Crippen LogP contribution in [-0.2, 0) is 13.0 Å². The van der Waals surface area contributed by atoms with E-state index in [0.717, 1.165) is 19.4 Å². The van der Waals surface area contributed by atoms with Gasteiger partial charge in [0.1, 0.15) is 0 Å². The second kappa shape index (κ2) is 6.72. The van der Waals surface area contributed by atoms with Gasteiger partial charge in [0, 0.05) is 17.5 Å². The van der Waals surface area contributed by atoms with Gasteiger partial charge in [0.15, 0.2) is 0 Å². The van der Waals surface area contributed by atoms with Crippen molar-refractivity contribution in [3.63, 3.8) is 0 Å². The van der Waals surface area contributed by atoms with Crippen molar-refractivity contribution in [3.8, 4) is 0 Å². The Morgan fingerprint density at radius 2 is 1.89 bits per heavy atom. The van der Waals surface area contributed by atoms with Crippen LogP contribution in [0.4, 0.5) is 0 Å². The fraction of sp³-hybridized carbons (Fsp3) is 0.375. The molecule has 1 unspecified atom stereocenters. The van der Waals surface area contributed by atoms with Crippen molar-refractivity contribution in [1.82, 2.24) is 5.32 Å². The Labute approximate surface area is 114 Å². The third-order valence-electron chi connectivity index (χ3n) is 3.34. The number of hydrogen-bond donors (Lipinski definition) is 1. The summed E-state index contributed by atoms with van der Waals surface area (Å²) in [5.74, 6) is 0. The molecule has 1 heterocycles. The quantitative estimate of drug-likeness (QED) is 0.802. The van der Waals surface area contributed by atoms with Crippen molar-refractivity contribution in [1.29, 1.82) is 0 Å². The lowest BCUT2D eigenvalue weighted by Crippen LogP contribution is -2.20. The third kappa shape index (κ3) is 3.21. The molecule has 1 atom stereocenters. The van der Waals surface area contributed by atoms with Crippen LogP contribution in [0.5, 0.6) is 0 Å². The first-order valence-corrected chi connectivity index (χ1v) is 7.56. The first-order valence-electron chi connectivity index (χ1n) is 6.68. The second-order valence-electron chi connectivity index (χ2n) is 4.47. The van der Waals surface area contributed by atoms with E-state index in [1.807, 2.05) is 11.3 Å². The van der Waals surface area contributed by atoms with E-state index < -0.39 is 0 Å². The zero-order valence-corrected chi connectivity index (χ0v) is 12.0. The topological polar surface area (TPSA) is 12.0 Å². The first-order chi connectivity index (χ1) is 8.85. The molecule has 0 aliphatic rings. The zero-order chi connectivity index (χ0) is 12.8. The Morgan fingerprint density at radius 3 is 2.56 bits per heavy atom. The molecule has 0 radical (unpaired) electrons. The van der Waals surface area contributed by atoms with Crippen LogP contribution in [0, 0.1) is 0 Å². The predicted molar refractivity (Wildman–Crippen MR) is 80.0 cm³/mol. The van der Waals surface area contributed by atoms with Crippen LogP contribution in [-0.4, -0.2) is 0 Å². The minimum atomic E-state index is 0.456. The van der Waals surface area contributed by atoms with Crippen LogP contribution in [0.1, 0.15) is 42.3 Å². The fourth-order valence-corrected chi connectivity index (χ4v) is 3.16. The molecule has 0 aliphatic carbocycles. The number of thiophene rings is 1. The first kappa shape index (κ1) is 13.3. The second-order valence-corrected chi connectivity index (χ2v) is 5.48. The highest BCUT2D eigenvalue weighted by Gasteiger charge is 2.09. The van der Waals surface area contributed by atoms with Gasteiger partial charge in [-0.1, -0.05) is 44.2 Å². The normalized spacial score (nSPS) is 12.6. The highest BCUT2D eigenvalue weighted by Crippen LogP contribution is 2.21. The maximum absolute atomic E-state index is 3.67. The molecule has 2 heteroatoms. The molecule has 0 spiro atoms. The van der Waals surface area contributed by atoms with E-state index in [1.165, 1.54) is 16.0 Å². The SMILES string of the molecule is CCc1ccsc1CNC(CC)c1ccccc1. The van der Waals surface area contributed by atoms with Gasteiger partial charge in [-0.05, 0) is 35.4 Å². The summed E-state index contributed by atoms with van der Waals surface area (Å²) in [5, 5.41) is 5.87. The summed E-state index contributed by atoms with van der Waals surface area (Å²) in [5.41, 5.74) is 2.87. The number of benzene rings is 1. The standard InChI is InChI=1S/C16H21NS/c1-3-13-10-11-18-16(13)12-17-15(4-2)14-8-6-5-7-9-14/h5-11,15,17H,3-4,12H2,1-2H3. The van der Waals surface area contributed by atoms with E-state index in [0.29, 0.717) is 6.04 Å². The van der Waals surface area contributed by atoms with E-state index in [2.05, 4.69) is 60.9 Å². The van der Waals surface area contributed by atoms with Crippen molar-refractivity contribution >= 4 is 11.3 Å². The van der Waals surface area contributed by atoms with Crippen LogP contribution in [0.2, 0.25) is 0 Å². The van der Waals surface area contributed by atoms with Crippen LogP contribution in [0.3, 0.4) is 0 Å². The van der Waals surface area contributed by atoms with Gasteiger partial charge in [-0.15, -0.1) is 11.3 Å². The van der Waals surface area contributed by atoms with Gasteiger partial charge in [0.05, 0.1) is 0 Å². The van der Waals surface area contributed by atoms with Gasteiger partial charge in [0.2, 0.25) is 0 Å². The van der Waals surface area contributed by atoms with E-state index in [-0.39, 0.29) is 0 Å². The maximum Gasteiger partial charge on any atom is 0.0320 e. The summed E-state index contributed by atoms with van der Waals surface area (Å²) >= 11 is 1.86. The Kier molecular flexibility index (Phi) is 4.97. The summed E-state index contributed by atoms with van der Waals surface area (Å²) in [4.78, 5) is 1.48. The molecule has 1 N–H and O–H groups in total. The van der Waals surface area contributed by atoms with E-state index in [9.17, 15) is 0 Å². The molecule has 18 heavy (non-hydrogen) atoms. The maximum atomic E-state index is 3.67. The number of aryl methyl sites for hydroxylation is 1. The average molecular weight is 259 g/mol. The zero-order valence-electron chi connectivity index (χ0n) is 11.1. The van der Waals surface area contributed by atoms with E-state index >= 15 is 0 Å². The molecule has 0 saturated heterocycles. The average Bonchev–Trinajstić information content (AvgIpc) is 2.88. The largest absolute Gasteiger partial charge is 0.305 e. The Hall–Kier alpha value is -1.12. The number of rotatable bonds is 6. The van der Waals surface area contributed by atoms with Crippen molar-refractivity contribution in [2.24, 2.45) is 0 Å². The molecule has 1 aromatic carbocycles. The number of nitrogens with one attached hydrogen (secondary N) is 1. The van der Waals surface area contributed by atoms with Gasteiger partial charge < -0.3 is 5.32 Å². The summed E-state index contributed by atoms with van der Waals surface area (Å²) in [6, 6.07) is 13.4. The van der Waals surface area contributed by atoms with Gasteiger partial charge in [0.25, 0.3) is 0 Å². The Morgan fingerprint density at radius 1 is 1.11 bits per heavy atom. The van der Waals surface area contributed by atoms with Crippen molar-refractivity contribution in [2.45, 2.75) is 39.3 Å². The molecule has 96 valence electrons. The molecule has 0 amide bonds. The Balaban J connectivity index is 2.00. The van der Waals surface area contributed by atoms with Crippen molar-refractivity contribution < 1.29 is 0 Å². The van der Waals surface area contributed by atoms with Crippen molar-refractivity contribution in [3.05, 3.63) is 57.8 Å². The monoisotopic (exact) mass is 259 g/mol. The van der Waals surface area contributed by atoms with Gasteiger partial charge in [-0.3, -0.25) is 0 Å². The Bertz CT molecular complexity index is 461. The molecular weight excluding hydrogens is 238 g/mol. The minimum absolute atomic E-state index is 0.456. The highest BCUT2D eigenvalue weighted by atomic mass is 32.1. The van der Waals surface area contributed by atoms with Crippen LogP contribution < -0.4 is 5.32 Å².